The quantitative estimate of drug-likeness (QED) is 0.608. The number of rotatable bonds is 1. The Bertz CT molecular complexity index is 749. The van der Waals surface area contributed by atoms with Crippen LogP contribution in [0.15, 0.2) is 35.5 Å². The maximum atomic E-state index is 12.2. The number of aryl methyl sites for hydroxylation is 2. The van der Waals surface area contributed by atoms with Gasteiger partial charge in [0.15, 0.2) is 0 Å². The first-order chi connectivity index (χ1) is 8.18. The Balaban J connectivity index is 2.42. The lowest BCUT2D eigenvalue weighted by Crippen LogP contribution is -2.20. The molecule has 17 heavy (non-hydrogen) atoms. The van der Waals surface area contributed by atoms with Crippen LogP contribution in [0.25, 0.3) is 16.9 Å². The Labute approximate surface area is 96.7 Å². The summed E-state index contributed by atoms with van der Waals surface area (Å²) in [6, 6.07) is 3.61. The summed E-state index contributed by atoms with van der Waals surface area (Å²) in [7, 11) is 3.69. The van der Waals surface area contributed by atoms with Gasteiger partial charge < -0.3 is 4.57 Å². The molecular formula is C11H11N5O. The van der Waals surface area contributed by atoms with Crippen molar-refractivity contribution in [3.63, 3.8) is 0 Å². The molecule has 0 aromatic carbocycles. The second-order valence-electron chi connectivity index (χ2n) is 3.90. The first-order valence-electron chi connectivity index (χ1n) is 5.20. The third-order valence-corrected chi connectivity index (χ3v) is 2.83. The summed E-state index contributed by atoms with van der Waals surface area (Å²) in [6.45, 7) is 0. The van der Waals surface area contributed by atoms with Crippen LogP contribution in [0, 0.1) is 0 Å². The Morgan fingerprint density at radius 3 is 2.59 bits per heavy atom. The Morgan fingerprint density at radius 1 is 1.12 bits per heavy atom. The highest BCUT2D eigenvalue weighted by Crippen LogP contribution is 2.14. The predicted octanol–water partition coefficient (Wildman–Crippen LogP) is 0.433. The highest BCUT2D eigenvalue weighted by molar-refractivity contribution is 5.59. The molecule has 3 aromatic heterocycles. The molecule has 0 radical (unpaired) electrons. The molecule has 0 atom stereocenters. The third kappa shape index (κ3) is 1.30. The van der Waals surface area contributed by atoms with Crippen molar-refractivity contribution < 1.29 is 0 Å². The van der Waals surface area contributed by atoms with Crippen molar-refractivity contribution in [3.05, 3.63) is 41.1 Å². The third-order valence-electron chi connectivity index (χ3n) is 2.83. The molecule has 6 nitrogen and oxygen atoms in total. The average molecular weight is 229 g/mol. The smallest absolute Gasteiger partial charge is 0.283 e. The van der Waals surface area contributed by atoms with E-state index in [2.05, 4.69) is 10.2 Å². The van der Waals surface area contributed by atoms with E-state index in [9.17, 15) is 4.79 Å². The summed E-state index contributed by atoms with van der Waals surface area (Å²) >= 11 is 0. The van der Waals surface area contributed by atoms with E-state index in [1.54, 1.807) is 29.3 Å². The summed E-state index contributed by atoms with van der Waals surface area (Å²) in [6.07, 6.45) is 5.09. The van der Waals surface area contributed by atoms with Gasteiger partial charge in [0, 0.05) is 32.6 Å². The van der Waals surface area contributed by atoms with Gasteiger partial charge in [0.05, 0.1) is 17.5 Å². The van der Waals surface area contributed by atoms with Crippen molar-refractivity contribution in [3.8, 4) is 11.3 Å². The Morgan fingerprint density at radius 2 is 1.88 bits per heavy atom. The summed E-state index contributed by atoms with van der Waals surface area (Å²) in [5.41, 5.74) is 2.00. The predicted molar refractivity (Wildman–Crippen MR) is 62.6 cm³/mol. The average Bonchev–Trinajstić information content (AvgIpc) is 2.92. The van der Waals surface area contributed by atoms with E-state index >= 15 is 0 Å². The van der Waals surface area contributed by atoms with E-state index in [-0.39, 0.29) is 5.56 Å². The van der Waals surface area contributed by atoms with Crippen molar-refractivity contribution in [2.45, 2.75) is 0 Å². The zero-order valence-electron chi connectivity index (χ0n) is 9.53. The molecule has 0 unspecified atom stereocenters. The van der Waals surface area contributed by atoms with Crippen LogP contribution in [0.5, 0.6) is 0 Å². The van der Waals surface area contributed by atoms with Crippen LogP contribution >= 0.6 is 0 Å². The van der Waals surface area contributed by atoms with E-state index < -0.39 is 0 Å². The minimum absolute atomic E-state index is 0.133. The van der Waals surface area contributed by atoms with Crippen molar-refractivity contribution in [2.24, 2.45) is 14.1 Å². The normalized spacial score (nSPS) is 11.2. The summed E-state index contributed by atoms with van der Waals surface area (Å²) in [5, 5.41) is 8.10. The van der Waals surface area contributed by atoms with Crippen molar-refractivity contribution in [1.82, 2.24) is 24.0 Å². The lowest BCUT2D eigenvalue weighted by molar-refractivity contribution is 0.766. The molecule has 0 amide bonds. The van der Waals surface area contributed by atoms with Gasteiger partial charge in [-0.15, -0.1) is 0 Å². The minimum Gasteiger partial charge on any atom is -0.335 e. The molecule has 86 valence electrons. The molecule has 3 heterocycles. The van der Waals surface area contributed by atoms with Crippen molar-refractivity contribution in [2.75, 3.05) is 0 Å². The Hall–Kier alpha value is -2.37. The molecule has 3 rings (SSSR count). The molecule has 3 aromatic rings. The van der Waals surface area contributed by atoms with Gasteiger partial charge in [-0.1, -0.05) is 0 Å². The molecule has 0 spiro atoms. The molecule has 0 saturated carbocycles. The molecular weight excluding hydrogens is 218 g/mol. The summed E-state index contributed by atoms with van der Waals surface area (Å²) < 4.78 is 4.94. The van der Waals surface area contributed by atoms with Gasteiger partial charge in [0.2, 0.25) is 0 Å². The fourth-order valence-corrected chi connectivity index (χ4v) is 1.96. The fourth-order valence-electron chi connectivity index (χ4n) is 1.96. The van der Waals surface area contributed by atoms with Crippen LogP contribution < -0.4 is 5.56 Å². The van der Waals surface area contributed by atoms with Crippen LogP contribution in [0.2, 0.25) is 0 Å². The van der Waals surface area contributed by atoms with E-state index in [0.29, 0.717) is 5.56 Å². The molecule has 0 aliphatic heterocycles. The van der Waals surface area contributed by atoms with Gasteiger partial charge in [0.1, 0.15) is 5.65 Å². The molecule has 0 aliphatic rings. The lowest BCUT2D eigenvalue weighted by atomic mass is 10.2. The molecule has 0 saturated heterocycles. The second-order valence-corrected chi connectivity index (χ2v) is 3.90. The van der Waals surface area contributed by atoms with Crippen LogP contribution in [-0.4, -0.2) is 24.0 Å². The first-order valence-corrected chi connectivity index (χ1v) is 5.20. The zero-order valence-corrected chi connectivity index (χ0v) is 9.53. The molecule has 0 fully saturated rings. The lowest BCUT2D eigenvalue weighted by Gasteiger charge is -2.06. The first kappa shape index (κ1) is 9.83. The molecule has 0 bridgehead atoms. The van der Waals surface area contributed by atoms with Gasteiger partial charge in [-0.05, 0) is 6.07 Å². The van der Waals surface area contributed by atoms with Gasteiger partial charge in [-0.25, -0.2) is 0 Å². The highest BCUT2D eigenvalue weighted by atomic mass is 16.1. The standard InChI is InChI=1S/C11H11N5O/c1-14-7-8(9-3-5-12-15(9)2)11(17)16-10(14)4-6-13-16/h3-7H,1-2H3. The maximum Gasteiger partial charge on any atom is 0.283 e. The topological polar surface area (TPSA) is 57.1 Å². The van der Waals surface area contributed by atoms with Crippen LogP contribution in [0.4, 0.5) is 0 Å². The fraction of sp³-hybridized carbons (Fsp3) is 0.182. The van der Waals surface area contributed by atoms with E-state index in [4.69, 9.17) is 0 Å². The zero-order chi connectivity index (χ0) is 12.0. The number of nitrogens with zero attached hydrogens (tertiary/aromatic N) is 5. The van der Waals surface area contributed by atoms with Gasteiger partial charge in [0.25, 0.3) is 5.56 Å². The number of aromatic nitrogens is 5. The highest BCUT2D eigenvalue weighted by Gasteiger charge is 2.12. The van der Waals surface area contributed by atoms with Crippen LogP contribution in [-0.2, 0) is 14.1 Å². The van der Waals surface area contributed by atoms with Gasteiger partial charge in [-0.3, -0.25) is 9.48 Å². The molecule has 6 heteroatoms. The van der Waals surface area contributed by atoms with Crippen molar-refractivity contribution in [1.29, 1.82) is 0 Å². The monoisotopic (exact) mass is 229 g/mol. The van der Waals surface area contributed by atoms with E-state index in [1.807, 2.05) is 24.7 Å². The van der Waals surface area contributed by atoms with E-state index in [0.717, 1.165) is 11.3 Å². The van der Waals surface area contributed by atoms with Gasteiger partial charge in [-0.2, -0.15) is 14.7 Å². The largest absolute Gasteiger partial charge is 0.335 e. The molecule has 0 N–H and O–H groups in total. The molecule has 0 aliphatic carbocycles. The summed E-state index contributed by atoms with van der Waals surface area (Å²) in [4.78, 5) is 12.2. The number of hydrogen-bond donors (Lipinski definition) is 0. The SMILES string of the molecule is Cn1nccc1-c1cn(C)c2ccnn2c1=O. The number of hydrogen-bond acceptors (Lipinski definition) is 3. The maximum absolute atomic E-state index is 12.2. The van der Waals surface area contributed by atoms with Crippen LogP contribution in [0.1, 0.15) is 0 Å². The second kappa shape index (κ2) is 3.31. The van der Waals surface area contributed by atoms with E-state index in [1.165, 1.54) is 4.52 Å². The van der Waals surface area contributed by atoms with Crippen molar-refractivity contribution >= 4 is 5.65 Å². The minimum atomic E-state index is -0.133. The van der Waals surface area contributed by atoms with Crippen LogP contribution in [0.3, 0.4) is 0 Å². The van der Waals surface area contributed by atoms with Gasteiger partial charge >= 0.3 is 0 Å². The number of fused-ring (bicyclic) bond motifs is 1. The Kier molecular flexibility index (Phi) is 1.91. The summed E-state index contributed by atoms with van der Waals surface area (Å²) in [5.74, 6) is 0.